The molecule has 1 aromatic heterocycles. The average molecular weight is 303 g/mol. The molecular weight excluding hydrogens is 282 g/mol. The van der Waals surface area contributed by atoms with Crippen molar-refractivity contribution in [1.29, 1.82) is 0 Å². The van der Waals surface area contributed by atoms with Gasteiger partial charge in [0.15, 0.2) is 0 Å². The van der Waals surface area contributed by atoms with E-state index in [1.807, 2.05) is 0 Å². The molecule has 0 unspecified atom stereocenters. The zero-order chi connectivity index (χ0) is 15.5. The number of hydrogen-bond donors (Lipinski definition) is 0. The van der Waals surface area contributed by atoms with Crippen molar-refractivity contribution >= 4 is 0 Å². The maximum Gasteiger partial charge on any atom is 0.351 e. The summed E-state index contributed by atoms with van der Waals surface area (Å²) >= 11 is 0. The summed E-state index contributed by atoms with van der Waals surface area (Å²) in [5, 5.41) is 0. The Morgan fingerprint density at radius 2 is 1.59 bits per heavy atom. The van der Waals surface area contributed by atoms with Gasteiger partial charge in [-0.2, -0.15) is 0 Å². The minimum absolute atomic E-state index is 0.260. The van der Waals surface area contributed by atoms with Crippen LogP contribution in [0, 0.1) is 0 Å². The van der Waals surface area contributed by atoms with Gasteiger partial charge in [0, 0.05) is 13.1 Å². The molecule has 0 radical (unpaired) electrons. The topological polar surface area (TPSA) is 58.2 Å². The smallest absolute Gasteiger partial charge is 0.351 e. The third kappa shape index (κ3) is 2.61. The number of benzene rings is 1. The molecule has 0 saturated heterocycles. The third-order valence-electron chi connectivity index (χ3n) is 3.97. The van der Waals surface area contributed by atoms with Crippen molar-refractivity contribution in [3.8, 4) is 11.4 Å². The van der Waals surface area contributed by atoms with Crippen LogP contribution < -0.4 is 16.1 Å². The van der Waals surface area contributed by atoms with E-state index in [-0.39, 0.29) is 11.4 Å². The molecule has 6 nitrogen and oxygen atoms in total. The van der Waals surface area contributed by atoms with E-state index in [0.29, 0.717) is 25.4 Å². The first-order chi connectivity index (χ1) is 10.7. The molecule has 3 rings (SSSR count). The molecule has 1 aliphatic rings. The van der Waals surface area contributed by atoms with Crippen LogP contribution in [-0.2, 0) is 13.1 Å². The number of fused-ring (bicyclic) bond motifs is 1. The van der Waals surface area contributed by atoms with Crippen molar-refractivity contribution in [2.24, 2.45) is 0 Å². The summed E-state index contributed by atoms with van der Waals surface area (Å²) in [6.45, 7) is 4.01. The van der Waals surface area contributed by atoms with Crippen LogP contribution in [0.5, 0.6) is 5.75 Å². The molecule has 0 amide bonds. The number of hydrogen-bond acceptors (Lipinski definition) is 3. The fourth-order valence-corrected chi connectivity index (χ4v) is 2.72. The predicted molar refractivity (Wildman–Crippen MR) is 83.9 cm³/mol. The van der Waals surface area contributed by atoms with Crippen molar-refractivity contribution in [3.63, 3.8) is 0 Å². The van der Waals surface area contributed by atoms with Gasteiger partial charge in [0.2, 0.25) is 0 Å². The Balaban J connectivity index is 1.90. The normalized spacial score (nSPS) is 13.9. The lowest BCUT2D eigenvalue weighted by Crippen LogP contribution is -2.30. The van der Waals surface area contributed by atoms with Gasteiger partial charge in [-0.1, -0.05) is 13.3 Å². The maximum atomic E-state index is 12.4. The lowest BCUT2D eigenvalue weighted by Gasteiger charge is -2.13. The number of rotatable bonds is 5. The second-order valence-corrected chi connectivity index (χ2v) is 5.55. The zero-order valence-corrected chi connectivity index (χ0v) is 12.8. The van der Waals surface area contributed by atoms with Crippen molar-refractivity contribution in [1.82, 2.24) is 13.9 Å². The largest absolute Gasteiger partial charge is 0.494 e. The highest BCUT2D eigenvalue weighted by molar-refractivity contribution is 5.37. The van der Waals surface area contributed by atoms with Crippen LogP contribution in [-0.4, -0.2) is 20.5 Å². The Morgan fingerprint density at radius 3 is 2.14 bits per heavy atom. The number of unbranched alkanes of at least 4 members (excludes halogenated alkanes) is 1. The molecule has 118 valence electrons. The van der Waals surface area contributed by atoms with Gasteiger partial charge in [-0.25, -0.2) is 23.5 Å². The lowest BCUT2D eigenvalue weighted by atomic mass is 10.3. The highest BCUT2D eigenvalue weighted by atomic mass is 16.5. The van der Waals surface area contributed by atoms with Crippen LogP contribution in [0.3, 0.4) is 0 Å². The Bertz CT molecular complexity index is 715. The lowest BCUT2D eigenvalue weighted by molar-refractivity contribution is 0.309. The molecule has 2 heterocycles. The van der Waals surface area contributed by atoms with Gasteiger partial charge in [-0.3, -0.25) is 0 Å². The number of ether oxygens (including phenoxy) is 1. The standard InChI is InChI=1S/C16H21N3O3/c1-2-3-12-22-14-8-6-13(7-9-14)19-15(20)17-10-4-5-11-18(17)16(19)21/h6-9H,2-5,10-12H2,1H3. The monoisotopic (exact) mass is 303 g/mol. The van der Waals surface area contributed by atoms with Crippen molar-refractivity contribution in [2.75, 3.05) is 6.61 Å². The highest BCUT2D eigenvalue weighted by Gasteiger charge is 2.19. The number of nitrogens with zero attached hydrogens (tertiary/aromatic N) is 3. The second-order valence-electron chi connectivity index (χ2n) is 5.55. The molecule has 0 aliphatic carbocycles. The van der Waals surface area contributed by atoms with Crippen molar-refractivity contribution in [2.45, 2.75) is 45.7 Å². The van der Waals surface area contributed by atoms with Crippen LogP contribution >= 0.6 is 0 Å². The van der Waals surface area contributed by atoms with E-state index >= 15 is 0 Å². The molecular formula is C16H21N3O3. The molecule has 2 aromatic rings. The first kappa shape index (κ1) is 14.7. The maximum absolute atomic E-state index is 12.4. The highest BCUT2D eigenvalue weighted by Crippen LogP contribution is 2.14. The van der Waals surface area contributed by atoms with Gasteiger partial charge in [-0.15, -0.1) is 0 Å². The van der Waals surface area contributed by atoms with Gasteiger partial charge >= 0.3 is 11.4 Å². The van der Waals surface area contributed by atoms with Crippen LogP contribution in [0.2, 0.25) is 0 Å². The second kappa shape index (κ2) is 6.25. The minimum Gasteiger partial charge on any atom is -0.494 e. The molecule has 0 N–H and O–H groups in total. The van der Waals surface area contributed by atoms with E-state index in [0.717, 1.165) is 31.4 Å². The first-order valence-electron chi connectivity index (χ1n) is 7.88. The summed E-state index contributed by atoms with van der Waals surface area (Å²) in [7, 11) is 0. The van der Waals surface area contributed by atoms with Crippen molar-refractivity contribution in [3.05, 3.63) is 45.2 Å². The molecule has 0 bridgehead atoms. The summed E-state index contributed by atoms with van der Waals surface area (Å²) < 4.78 is 9.92. The fourth-order valence-electron chi connectivity index (χ4n) is 2.72. The van der Waals surface area contributed by atoms with Gasteiger partial charge in [0.25, 0.3) is 0 Å². The zero-order valence-electron chi connectivity index (χ0n) is 12.8. The van der Waals surface area contributed by atoms with Crippen LogP contribution in [0.1, 0.15) is 32.6 Å². The predicted octanol–water partition coefficient (Wildman–Crippen LogP) is 1.77. The number of aromatic nitrogens is 3. The Labute approximate surface area is 128 Å². The summed E-state index contributed by atoms with van der Waals surface area (Å²) in [5.41, 5.74) is 0.0703. The van der Waals surface area contributed by atoms with Gasteiger partial charge in [0.05, 0.1) is 12.3 Å². The van der Waals surface area contributed by atoms with Gasteiger partial charge in [-0.05, 0) is 43.5 Å². The van der Waals surface area contributed by atoms with E-state index < -0.39 is 0 Å². The summed E-state index contributed by atoms with van der Waals surface area (Å²) in [4.78, 5) is 24.8. The minimum atomic E-state index is -0.260. The molecule has 0 saturated carbocycles. The third-order valence-corrected chi connectivity index (χ3v) is 3.97. The Kier molecular flexibility index (Phi) is 4.18. The van der Waals surface area contributed by atoms with E-state index in [9.17, 15) is 9.59 Å². The summed E-state index contributed by atoms with van der Waals surface area (Å²) in [6, 6.07) is 7.13. The molecule has 1 aromatic carbocycles. The fraction of sp³-hybridized carbons (Fsp3) is 0.500. The molecule has 0 spiro atoms. The Morgan fingerprint density at radius 1 is 1.00 bits per heavy atom. The quantitative estimate of drug-likeness (QED) is 0.791. The Hall–Kier alpha value is -2.24. The van der Waals surface area contributed by atoms with E-state index in [1.54, 1.807) is 24.3 Å². The van der Waals surface area contributed by atoms with Crippen LogP contribution in [0.25, 0.3) is 5.69 Å². The van der Waals surface area contributed by atoms with Crippen molar-refractivity contribution < 1.29 is 4.74 Å². The van der Waals surface area contributed by atoms with E-state index in [1.165, 1.54) is 13.9 Å². The van der Waals surface area contributed by atoms with E-state index in [4.69, 9.17) is 4.74 Å². The molecule has 6 heteroatoms. The van der Waals surface area contributed by atoms with Gasteiger partial charge < -0.3 is 4.74 Å². The summed E-state index contributed by atoms with van der Waals surface area (Å²) in [6.07, 6.45) is 3.97. The average Bonchev–Trinajstić information content (AvgIpc) is 2.81. The first-order valence-corrected chi connectivity index (χ1v) is 7.88. The molecule has 0 atom stereocenters. The van der Waals surface area contributed by atoms with Crippen LogP contribution in [0.4, 0.5) is 0 Å². The van der Waals surface area contributed by atoms with Gasteiger partial charge in [0.1, 0.15) is 5.75 Å². The SMILES string of the molecule is CCCCOc1ccc(-n2c(=O)n3n(c2=O)CCCC3)cc1. The summed E-state index contributed by atoms with van der Waals surface area (Å²) in [5.74, 6) is 0.759. The van der Waals surface area contributed by atoms with Crippen LogP contribution in [0.15, 0.2) is 33.9 Å². The molecule has 0 fully saturated rings. The molecule has 1 aliphatic heterocycles. The molecule has 22 heavy (non-hydrogen) atoms. The van der Waals surface area contributed by atoms with E-state index in [2.05, 4.69) is 6.92 Å².